The number of hydrogen-bond donors (Lipinski definition) is 1. The lowest BCUT2D eigenvalue weighted by molar-refractivity contribution is 0.0117. The molecule has 1 heterocycles. The zero-order chi connectivity index (χ0) is 14.2. The fraction of sp³-hybridized carbons (Fsp3) is 0.786. The summed E-state index contributed by atoms with van der Waals surface area (Å²) in [7, 11) is 0. The van der Waals surface area contributed by atoms with E-state index in [1.54, 1.807) is 6.08 Å². The SMILES string of the molecule is C=CC.CC[C@H]1CNCCN1C(=O)OC(C)(C)C.[HH]. The van der Waals surface area contributed by atoms with E-state index >= 15 is 0 Å². The van der Waals surface area contributed by atoms with Crippen molar-refractivity contribution >= 4 is 6.09 Å². The average Bonchev–Trinajstić information content (AvgIpc) is 2.27. The largest absolute Gasteiger partial charge is 0.444 e. The smallest absolute Gasteiger partial charge is 0.410 e. The Morgan fingerprint density at radius 2 is 2.17 bits per heavy atom. The molecule has 1 fully saturated rings. The third-order valence-electron chi connectivity index (χ3n) is 2.45. The Kier molecular flexibility index (Phi) is 7.67. The van der Waals surface area contributed by atoms with Gasteiger partial charge in [0.25, 0.3) is 0 Å². The first-order valence-corrected chi connectivity index (χ1v) is 6.63. The molecule has 0 spiro atoms. The number of allylic oxidation sites excluding steroid dienone is 1. The van der Waals surface area contributed by atoms with Crippen molar-refractivity contribution in [1.82, 2.24) is 10.2 Å². The van der Waals surface area contributed by atoms with Crippen LogP contribution >= 0.6 is 0 Å². The van der Waals surface area contributed by atoms with Crippen molar-refractivity contribution in [2.45, 2.75) is 52.7 Å². The van der Waals surface area contributed by atoms with Gasteiger partial charge in [-0.1, -0.05) is 13.0 Å². The summed E-state index contributed by atoms with van der Waals surface area (Å²) in [6.07, 6.45) is 2.53. The molecule has 1 amide bonds. The maximum atomic E-state index is 11.9. The maximum Gasteiger partial charge on any atom is 0.410 e. The summed E-state index contributed by atoms with van der Waals surface area (Å²) < 4.78 is 5.37. The Morgan fingerprint density at radius 3 is 2.61 bits per heavy atom. The second-order valence-corrected chi connectivity index (χ2v) is 5.35. The second-order valence-electron chi connectivity index (χ2n) is 5.35. The summed E-state index contributed by atoms with van der Waals surface area (Å²) in [5.74, 6) is 0. The van der Waals surface area contributed by atoms with Crippen LogP contribution in [0.3, 0.4) is 0 Å². The van der Waals surface area contributed by atoms with Crippen molar-refractivity contribution < 1.29 is 11.0 Å². The Morgan fingerprint density at radius 1 is 1.61 bits per heavy atom. The molecule has 18 heavy (non-hydrogen) atoms. The first-order valence-electron chi connectivity index (χ1n) is 6.63. The molecule has 1 aliphatic heterocycles. The number of carbonyl (C=O) groups excluding carboxylic acids is 1. The van der Waals surface area contributed by atoms with Crippen LogP contribution in [0, 0.1) is 0 Å². The predicted octanol–water partition coefficient (Wildman–Crippen LogP) is 3.04. The molecule has 1 aliphatic rings. The molecule has 1 rings (SSSR count). The molecule has 1 atom stereocenters. The topological polar surface area (TPSA) is 41.6 Å². The molecule has 0 saturated carbocycles. The molecule has 0 aromatic heterocycles. The van der Waals surface area contributed by atoms with Crippen LogP contribution in [0.5, 0.6) is 0 Å². The van der Waals surface area contributed by atoms with Crippen molar-refractivity contribution in [3.63, 3.8) is 0 Å². The minimum Gasteiger partial charge on any atom is -0.444 e. The number of nitrogens with zero attached hydrogens (tertiary/aromatic N) is 1. The lowest BCUT2D eigenvalue weighted by Gasteiger charge is -2.36. The summed E-state index contributed by atoms with van der Waals surface area (Å²) in [6, 6.07) is 0.272. The average molecular weight is 258 g/mol. The molecular weight excluding hydrogens is 228 g/mol. The molecule has 4 nitrogen and oxygen atoms in total. The summed E-state index contributed by atoms with van der Waals surface area (Å²) >= 11 is 0. The standard InChI is InChI=1S/C11H22N2O2.C3H6.H2/c1-5-9-8-12-6-7-13(9)10(14)15-11(2,3)4;1-3-2;/h9,12H,5-8H2,1-4H3;3H,1H2,2H3;1H/t9-;;/m0../s1. The van der Waals surface area contributed by atoms with Crippen molar-refractivity contribution in [2.24, 2.45) is 0 Å². The number of hydrogen-bond acceptors (Lipinski definition) is 3. The summed E-state index contributed by atoms with van der Waals surface area (Å²) in [5, 5.41) is 3.28. The summed E-state index contributed by atoms with van der Waals surface area (Å²) in [6.45, 7) is 15.5. The van der Waals surface area contributed by atoms with Crippen LogP contribution in [0.15, 0.2) is 12.7 Å². The van der Waals surface area contributed by atoms with Crippen LogP contribution < -0.4 is 5.32 Å². The van der Waals surface area contributed by atoms with E-state index in [0.717, 1.165) is 26.1 Å². The zero-order valence-electron chi connectivity index (χ0n) is 12.5. The number of rotatable bonds is 1. The summed E-state index contributed by atoms with van der Waals surface area (Å²) in [5.41, 5.74) is -0.403. The predicted molar refractivity (Wildman–Crippen MR) is 77.9 cm³/mol. The highest BCUT2D eigenvalue weighted by molar-refractivity contribution is 5.68. The highest BCUT2D eigenvalue weighted by Crippen LogP contribution is 2.14. The molecule has 1 saturated heterocycles. The van der Waals surface area contributed by atoms with Crippen molar-refractivity contribution in [2.75, 3.05) is 19.6 Å². The maximum absolute atomic E-state index is 11.9. The first-order chi connectivity index (χ1) is 8.35. The molecule has 0 aromatic carbocycles. The Balaban J connectivity index is 0. The van der Waals surface area contributed by atoms with E-state index in [1.165, 1.54) is 0 Å². The lowest BCUT2D eigenvalue weighted by atomic mass is 10.1. The van der Waals surface area contributed by atoms with Crippen molar-refractivity contribution in [3.05, 3.63) is 12.7 Å². The van der Waals surface area contributed by atoms with Gasteiger partial charge >= 0.3 is 6.09 Å². The molecule has 0 bridgehead atoms. The molecule has 108 valence electrons. The van der Waals surface area contributed by atoms with Crippen LogP contribution in [-0.4, -0.2) is 42.3 Å². The van der Waals surface area contributed by atoms with E-state index in [0.29, 0.717) is 0 Å². The normalized spacial score (nSPS) is 19.6. The number of amides is 1. The minimum atomic E-state index is -0.403. The molecule has 1 N–H and O–H groups in total. The third kappa shape index (κ3) is 6.64. The van der Waals surface area contributed by atoms with E-state index in [-0.39, 0.29) is 13.6 Å². The Hall–Kier alpha value is -1.03. The number of piperazine rings is 1. The molecule has 0 aromatic rings. The van der Waals surface area contributed by atoms with Crippen LogP contribution in [0.1, 0.15) is 42.5 Å². The third-order valence-corrected chi connectivity index (χ3v) is 2.45. The van der Waals surface area contributed by atoms with Gasteiger partial charge in [0, 0.05) is 27.1 Å². The van der Waals surface area contributed by atoms with Gasteiger partial charge in [-0.2, -0.15) is 0 Å². The molecular formula is C14H30N2O2. The van der Waals surface area contributed by atoms with Crippen LogP contribution in [0.4, 0.5) is 4.79 Å². The number of carbonyl (C=O) groups is 1. The molecule has 4 heteroatoms. The van der Waals surface area contributed by atoms with Gasteiger partial charge in [0.2, 0.25) is 0 Å². The van der Waals surface area contributed by atoms with Crippen molar-refractivity contribution in [3.8, 4) is 0 Å². The summed E-state index contributed by atoms with van der Waals surface area (Å²) in [4.78, 5) is 13.7. The van der Waals surface area contributed by atoms with Crippen molar-refractivity contribution in [1.29, 1.82) is 0 Å². The minimum absolute atomic E-state index is 0. The zero-order valence-corrected chi connectivity index (χ0v) is 12.5. The van der Waals surface area contributed by atoms with Gasteiger partial charge in [-0.15, -0.1) is 6.58 Å². The monoisotopic (exact) mass is 258 g/mol. The van der Waals surface area contributed by atoms with Gasteiger partial charge in [0.15, 0.2) is 0 Å². The lowest BCUT2D eigenvalue weighted by Crippen LogP contribution is -2.54. The molecule has 0 radical (unpaired) electrons. The number of nitrogens with one attached hydrogen (secondary N) is 1. The highest BCUT2D eigenvalue weighted by Gasteiger charge is 2.28. The quantitative estimate of drug-likeness (QED) is 0.735. The van der Waals surface area contributed by atoms with E-state index in [9.17, 15) is 4.79 Å². The van der Waals surface area contributed by atoms with Gasteiger partial charge in [0.1, 0.15) is 5.60 Å². The van der Waals surface area contributed by atoms with Crippen LogP contribution in [0.25, 0.3) is 0 Å². The van der Waals surface area contributed by atoms with Gasteiger partial charge in [-0.05, 0) is 34.1 Å². The molecule has 0 unspecified atom stereocenters. The fourth-order valence-corrected chi connectivity index (χ4v) is 1.69. The van der Waals surface area contributed by atoms with Gasteiger partial charge in [0.05, 0.1) is 0 Å². The van der Waals surface area contributed by atoms with Gasteiger partial charge in [-0.25, -0.2) is 4.79 Å². The van der Waals surface area contributed by atoms with E-state index in [2.05, 4.69) is 18.8 Å². The first kappa shape index (κ1) is 17.0. The molecule has 0 aliphatic carbocycles. The fourth-order valence-electron chi connectivity index (χ4n) is 1.69. The number of ether oxygens (including phenoxy) is 1. The second kappa shape index (κ2) is 8.14. The van der Waals surface area contributed by atoms with E-state index in [4.69, 9.17) is 4.74 Å². The van der Waals surface area contributed by atoms with Crippen LogP contribution in [-0.2, 0) is 4.74 Å². The van der Waals surface area contributed by atoms with E-state index in [1.807, 2.05) is 32.6 Å². The van der Waals surface area contributed by atoms with Gasteiger partial charge in [-0.3, -0.25) is 0 Å². The van der Waals surface area contributed by atoms with Crippen LogP contribution in [0.2, 0.25) is 0 Å². The highest BCUT2D eigenvalue weighted by atomic mass is 16.6. The van der Waals surface area contributed by atoms with E-state index < -0.39 is 5.60 Å². The van der Waals surface area contributed by atoms with Gasteiger partial charge < -0.3 is 15.0 Å². The Labute approximate surface area is 113 Å². The Bertz CT molecular complexity index is 265.